The Balaban J connectivity index is 2.03. The Labute approximate surface area is 143 Å². The van der Waals surface area contributed by atoms with E-state index < -0.39 is 21.8 Å². The first kappa shape index (κ1) is 18.6. The van der Waals surface area contributed by atoms with Crippen LogP contribution in [0.5, 0.6) is 0 Å². The largest absolute Gasteiger partial charge is 0.416 e. The summed E-state index contributed by atoms with van der Waals surface area (Å²) in [6.07, 6.45) is -3.67. The summed E-state index contributed by atoms with van der Waals surface area (Å²) in [5, 5.41) is -0.0883. The smallest absolute Gasteiger partial charge is 0.282 e. The number of benzene rings is 2. The fourth-order valence-corrected chi connectivity index (χ4v) is 3.46. The lowest BCUT2D eigenvalue weighted by atomic mass is 10.1. The second-order valence-corrected chi connectivity index (χ2v) is 7.45. The van der Waals surface area contributed by atoms with Gasteiger partial charge in [0, 0.05) is 0 Å². The molecule has 130 valence electrons. The zero-order chi connectivity index (χ0) is 17.8. The molecule has 1 N–H and O–H groups in total. The molecule has 0 radical (unpaired) electrons. The first-order chi connectivity index (χ1) is 11.2. The van der Waals surface area contributed by atoms with Gasteiger partial charge < -0.3 is 0 Å². The number of hydrogen-bond donors (Lipinski definition) is 1. The first-order valence-electron chi connectivity index (χ1n) is 7.08. The Morgan fingerprint density at radius 3 is 2.33 bits per heavy atom. The summed E-state index contributed by atoms with van der Waals surface area (Å²) >= 11 is 5.79. The maximum atomic E-state index is 12.7. The van der Waals surface area contributed by atoms with Crippen molar-refractivity contribution in [3.8, 4) is 0 Å². The quantitative estimate of drug-likeness (QED) is 0.790. The predicted molar refractivity (Wildman–Crippen MR) is 88.6 cm³/mol. The van der Waals surface area contributed by atoms with Crippen molar-refractivity contribution < 1.29 is 21.6 Å². The molecule has 0 aliphatic carbocycles. The zero-order valence-electron chi connectivity index (χ0n) is 12.5. The summed E-state index contributed by atoms with van der Waals surface area (Å²) in [5.74, 6) is -0.214. The third-order valence-electron chi connectivity index (χ3n) is 3.28. The molecule has 0 saturated carbocycles. The van der Waals surface area contributed by atoms with E-state index in [1.54, 1.807) is 0 Å². The maximum Gasteiger partial charge on any atom is 0.416 e. The van der Waals surface area contributed by atoms with Crippen LogP contribution < -0.4 is 4.72 Å². The lowest BCUT2D eigenvalue weighted by molar-refractivity contribution is -0.137. The van der Waals surface area contributed by atoms with Crippen molar-refractivity contribution >= 4 is 27.3 Å². The average Bonchev–Trinajstić information content (AvgIpc) is 2.49. The second-order valence-electron chi connectivity index (χ2n) is 5.20. The van der Waals surface area contributed by atoms with Crippen molar-refractivity contribution in [2.45, 2.75) is 19.0 Å². The highest BCUT2D eigenvalue weighted by atomic mass is 35.5. The summed E-state index contributed by atoms with van der Waals surface area (Å²) < 4.78 is 64.3. The average molecular weight is 378 g/mol. The highest BCUT2D eigenvalue weighted by Gasteiger charge is 2.31. The number of anilines is 1. The van der Waals surface area contributed by atoms with Gasteiger partial charge in [-0.2, -0.15) is 13.2 Å². The van der Waals surface area contributed by atoms with Crippen molar-refractivity contribution in [2.24, 2.45) is 0 Å². The van der Waals surface area contributed by atoms with Crippen LogP contribution in [0.1, 0.15) is 17.5 Å². The standard InChI is InChI=1S/C16H15ClF3NO2S/c17-14-9-8-13(16(18,19)20)11-15(14)21-24(22,23)10-4-7-12-5-2-1-3-6-12/h1-3,5-6,8-9,11,21H,4,7,10H2. The molecule has 0 spiro atoms. The molecule has 24 heavy (non-hydrogen) atoms. The summed E-state index contributed by atoms with van der Waals surface area (Å²) in [6, 6.07) is 11.8. The van der Waals surface area contributed by atoms with Crippen molar-refractivity contribution in [2.75, 3.05) is 10.5 Å². The second kappa shape index (κ2) is 7.44. The monoisotopic (exact) mass is 377 g/mol. The number of halogens is 4. The summed E-state index contributed by atoms with van der Waals surface area (Å²) in [7, 11) is -3.79. The summed E-state index contributed by atoms with van der Waals surface area (Å²) in [6.45, 7) is 0. The van der Waals surface area contributed by atoms with Gasteiger partial charge >= 0.3 is 6.18 Å². The van der Waals surface area contributed by atoms with Gasteiger partial charge in [-0.25, -0.2) is 8.42 Å². The lowest BCUT2D eigenvalue weighted by Crippen LogP contribution is -2.18. The van der Waals surface area contributed by atoms with E-state index >= 15 is 0 Å². The molecule has 0 saturated heterocycles. The minimum absolute atomic E-state index is 0.0883. The van der Waals surface area contributed by atoms with Gasteiger partial charge in [0.05, 0.1) is 22.0 Å². The van der Waals surface area contributed by atoms with Crippen LogP contribution in [0, 0.1) is 0 Å². The first-order valence-corrected chi connectivity index (χ1v) is 9.11. The maximum absolute atomic E-state index is 12.7. The molecule has 0 aliphatic rings. The van der Waals surface area contributed by atoms with Crippen LogP contribution in [0.4, 0.5) is 18.9 Å². The highest BCUT2D eigenvalue weighted by molar-refractivity contribution is 7.92. The van der Waals surface area contributed by atoms with E-state index in [2.05, 4.69) is 4.72 Å². The molecule has 0 aromatic heterocycles. The van der Waals surface area contributed by atoms with Crippen molar-refractivity contribution in [3.63, 3.8) is 0 Å². The molecule has 8 heteroatoms. The topological polar surface area (TPSA) is 46.2 Å². The zero-order valence-corrected chi connectivity index (χ0v) is 14.0. The van der Waals surface area contributed by atoms with Gasteiger partial charge in [0.25, 0.3) is 0 Å². The van der Waals surface area contributed by atoms with Gasteiger partial charge in [0.2, 0.25) is 10.0 Å². The van der Waals surface area contributed by atoms with Gasteiger partial charge in [-0.05, 0) is 36.6 Å². The molecule has 0 fully saturated rings. The normalized spacial score (nSPS) is 12.2. The fourth-order valence-electron chi connectivity index (χ4n) is 2.11. The van der Waals surface area contributed by atoms with Crippen LogP contribution >= 0.6 is 11.6 Å². The number of rotatable bonds is 6. The van der Waals surface area contributed by atoms with Crippen molar-refractivity contribution in [3.05, 3.63) is 64.7 Å². The van der Waals surface area contributed by atoms with E-state index in [4.69, 9.17) is 11.6 Å². The minimum Gasteiger partial charge on any atom is -0.282 e. The Morgan fingerprint density at radius 1 is 1.04 bits per heavy atom. The summed E-state index contributed by atoms with van der Waals surface area (Å²) in [4.78, 5) is 0. The highest BCUT2D eigenvalue weighted by Crippen LogP contribution is 2.34. The van der Waals surface area contributed by atoms with Gasteiger partial charge in [0.15, 0.2) is 0 Å². The third kappa shape index (κ3) is 5.42. The van der Waals surface area contributed by atoms with Crippen LogP contribution in [-0.4, -0.2) is 14.2 Å². The van der Waals surface area contributed by atoms with Crippen molar-refractivity contribution in [1.29, 1.82) is 0 Å². The number of sulfonamides is 1. The predicted octanol–water partition coefficient (Wildman–Crippen LogP) is 4.73. The number of aryl methyl sites for hydroxylation is 1. The fraction of sp³-hybridized carbons (Fsp3) is 0.250. The van der Waals surface area contributed by atoms with Crippen LogP contribution in [0.3, 0.4) is 0 Å². The van der Waals surface area contributed by atoms with E-state index in [-0.39, 0.29) is 16.5 Å². The number of nitrogens with one attached hydrogen (secondary N) is 1. The van der Waals surface area contributed by atoms with Gasteiger partial charge in [-0.15, -0.1) is 0 Å². The molecule has 0 amide bonds. The molecule has 2 aromatic carbocycles. The van der Waals surface area contributed by atoms with Crippen LogP contribution in [-0.2, 0) is 22.6 Å². The number of hydrogen-bond acceptors (Lipinski definition) is 2. The van der Waals surface area contributed by atoms with Crippen molar-refractivity contribution in [1.82, 2.24) is 0 Å². The van der Waals surface area contributed by atoms with Gasteiger partial charge in [-0.1, -0.05) is 41.9 Å². The van der Waals surface area contributed by atoms with E-state index in [1.165, 1.54) is 0 Å². The van der Waals surface area contributed by atoms with E-state index in [0.717, 1.165) is 17.7 Å². The molecule has 0 aliphatic heterocycles. The lowest BCUT2D eigenvalue weighted by Gasteiger charge is -2.13. The van der Waals surface area contributed by atoms with Crippen LogP contribution in [0.15, 0.2) is 48.5 Å². The van der Waals surface area contributed by atoms with Gasteiger partial charge in [-0.3, -0.25) is 4.72 Å². The number of alkyl halides is 3. The van der Waals surface area contributed by atoms with E-state index in [1.807, 2.05) is 30.3 Å². The molecule has 0 atom stereocenters. The molecular weight excluding hydrogens is 363 g/mol. The molecule has 2 aromatic rings. The minimum atomic E-state index is -4.57. The Bertz CT molecular complexity index is 793. The Kier molecular flexibility index (Phi) is 5.77. The Morgan fingerprint density at radius 2 is 1.71 bits per heavy atom. The SMILES string of the molecule is O=S(=O)(CCCc1ccccc1)Nc1cc(C(F)(F)F)ccc1Cl. The third-order valence-corrected chi connectivity index (χ3v) is 4.97. The van der Waals surface area contributed by atoms with E-state index in [9.17, 15) is 21.6 Å². The van der Waals surface area contributed by atoms with Gasteiger partial charge in [0.1, 0.15) is 0 Å². The molecular formula is C16H15ClF3NO2S. The van der Waals surface area contributed by atoms with E-state index in [0.29, 0.717) is 18.9 Å². The molecule has 2 rings (SSSR count). The molecule has 0 unspecified atom stereocenters. The molecule has 0 bridgehead atoms. The molecule has 3 nitrogen and oxygen atoms in total. The molecule has 0 heterocycles. The summed E-state index contributed by atoms with van der Waals surface area (Å²) in [5.41, 5.74) is -0.245. The van der Waals surface area contributed by atoms with Crippen LogP contribution in [0.2, 0.25) is 5.02 Å². The van der Waals surface area contributed by atoms with Crippen LogP contribution in [0.25, 0.3) is 0 Å². The Hall–Kier alpha value is -1.73.